The van der Waals surface area contributed by atoms with E-state index in [0.29, 0.717) is 5.56 Å². The average Bonchev–Trinajstić information content (AvgIpc) is 2.90. The first-order valence-corrected chi connectivity index (χ1v) is 6.83. The monoisotopic (exact) mass is 279 g/mol. The Morgan fingerprint density at radius 1 is 1.10 bits per heavy atom. The normalized spacial score (nSPS) is 10.8. The number of anilines is 1. The number of H-pyrrole nitrogens is 1. The predicted octanol–water partition coefficient (Wildman–Crippen LogP) is 3.50. The van der Waals surface area contributed by atoms with Crippen LogP contribution < -0.4 is 4.90 Å². The lowest BCUT2D eigenvalue weighted by atomic mass is 10.1. The summed E-state index contributed by atoms with van der Waals surface area (Å²) in [5, 5.41) is 0. The second kappa shape index (κ2) is 5.05. The van der Waals surface area contributed by atoms with Crippen molar-refractivity contribution in [3.63, 3.8) is 0 Å². The Kier molecular flexibility index (Phi) is 3.22. The van der Waals surface area contributed by atoms with Gasteiger partial charge in [0.05, 0.1) is 11.0 Å². The first-order chi connectivity index (χ1) is 10.0. The first-order valence-electron chi connectivity index (χ1n) is 6.83. The van der Waals surface area contributed by atoms with Gasteiger partial charge in [-0.1, -0.05) is 0 Å². The molecule has 0 radical (unpaired) electrons. The van der Waals surface area contributed by atoms with E-state index in [9.17, 15) is 4.79 Å². The number of benzene rings is 2. The predicted molar refractivity (Wildman–Crippen MR) is 85.9 cm³/mol. The Morgan fingerprint density at radius 3 is 2.43 bits per heavy atom. The molecule has 0 aliphatic carbocycles. The van der Waals surface area contributed by atoms with Crippen LogP contribution in [0, 0.1) is 0 Å². The van der Waals surface area contributed by atoms with Crippen molar-refractivity contribution >= 4 is 22.5 Å². The van der Waals surface area contributed by atoms with E-state index in [1.165, 1.54) is 0 Å². The van der Waals surface area contributed by atoms with E-state index in [1.807, 2.05) is 44.4 Å². The van der Waals surface area contributed by atoms with Crippen LogP contribution in [0.25, 0.3) is 22.4 Å². The van der Waals surface area contributed by atoms with Crippen molar-refractivity contribution in [1.82, 2.24) is 9.97 Å². The maximum Gasteiger partial charge on any atom is 0.159 e. The number of aromatic nitrogens is 2. The summed E-state index contributed by atoms with van der Waals surface area (Å²) in [7, 11) is 4.03. The number of aromatic amines is 1. The molecule has 21 heavy (non-hydrogen) atoms. The van der Waals surface area contributed by atoms with Gasteiger partial charge in [0.1, 0.15) is 5.82 Å². The van der Waals surface area contributed by atoms with Crippen LogP contribution in [0.3, 0.4) is 0 Å². The molecule has 4 heteroatoms. The summed E-state index contributed by atoms with van der Waals surface area (Å²) in [4.78, 5) is 21.4. The molecule has 1 aromatic heterocycles. The Morgan fingerprint density at radius 2 is 1.81 bits per heavy atom. The molecule has 0 saturated heterocycles. The van der Waals surface area contributed by atoms with Gasteiger partial charge in [-0.3, -0.25) is 4.79 Å². The summed E-state index contributed by atoms with van der Waals surface area (Å²) in [6.07, 6.45) is 0. The fourth-order valence-corrected chi connectivity index (χ4v) is 2.28. The molecule has 0 fully saturated rings. The molecule has 2 aromatic carbocycles. The molecule has 0 bridgehead atoms. The highest BCUT2D eigenvalue weighted by Crippen LogP contribution is 2.23. The van der Waals surface area contributed by atoms with Gasteiger partial charge in [0.15, 0.2) is 5.78 Å². The molecule has 4 nitrogen and oxygen atoms in total. The molecule has 0 spiro atoms. The number of ketones is 1. The van der Waals surface area contributed by atoms with Crippen LogP contribution in [0.2, 0.25) is 0 Å². The molecular weight excluding hydrogens is 262 g/mol. The van der Waals surface area contributed by atoms with Gasteiger partial charge in [-0.2, -0.15) is 0 Å². The van der Waals surface area contributed by atoms with Gasteiger partial charge in [0, 0.05) is 30.9 Å². The zero-order chi connectivity index (χ0) is 15.0. The molecule has 0 unspecified atom stereocenters. The highest BCUT2D eigenvalue weighted by atomic mass is 16.1. The number of carbonyl (C=O) groups excluding carboxylic acids is 1. The zero-order valence-electron chi connectivity index (χ0n) is 12.3. The van der Waals surface area contributed by atoms with E-state index in [0.717, 1.165) is 28.1 Å². The topological polar surface area (TPSA) is 49.0 Å². The summed E-state index contributed by atoms with van der Waals surface area (Å²) in [6, 6.07) is 13.7. The van der Waals surface area contributed by atoms with Crippen LogP contribution in [-0.2, 0) is 0 Å². The van der Waals surface area contributed by atoms with Gasteiger partial charge in [0.25, 0.3) is 0 Å². The molecule has 0 saturated carbocycles. The lowest BCUT2D eigenvalue weighted by molar-refractivity contribution is 0.101. The van der Waals surface area contributed by atoms with Crippen LogP contribution in [-0.4, -0.2) is 29.8 Å². The van der Waals surface area contributed by atoms with Crippen LogP contribution in [0.1, 0.15) is 17.3 Å². The fourth-order valence-electron chi connectivity index (χ4n) is 2.28. The van der Waals surface area contributed by atoms with Gasteiger partial charge in [-0.25, -0.2) is 4.98 Å². The molecule has 1 heterocycles. The van der Waals surface area contributed by atoms with Crippen molar-refractivity contribution < 1.29 is 4.79 Å². The second-order valence-electron chi connectivity index (χ2n) is 5.31. The van der Waals surface area contributed by atoms with Crippen molar-refractivity contribution in [2.75, 3.05) is 19.0 Å². The van der Waals surface area contributed by atoms with Crippen molar-refractivity contribution in [1.29, 1.82) is 0 Å². The number of rotatable bonds is 3. The Bertz CT molecular complexity index is 801. The van der Waals surface area contributed by atoms with Crippen molar-refractivity contribution in [2.24, 2.45) is 0 Å². The Hall–Kier alpha value is -2.62. The van der Waals surface area contributed by atoms with Crippen LogP contribution in [0.15, 0.2) is 42.5 Å². The average molecular weight is 279 g/mol. The Labute approximate surface area is 123 Å². The van der Waals surface area contributed by atoms with E-state index < -0.39 is 0 Å². The van der Waals surface area contributed by atoms with Gasteiger partial charge in [-0.05, 0) is 49.4 Å². The summed E-state index contributed by atoms with van der Waals surface area (Å²) < 4.78 is 0. The van der Waals surface area contributed by atoms with Crippen molar-refractivity contribution in [3.8, 4) is 11.4 Å². The van der Waals surface area contributed by atoms with Gasteiger partial charge in [0.2, 0.25) is 0 Å². The van der Waals surface area contributed by atoms with E-state index in [2.05, 4.69) is 27.0 Å². The summed E-state index contributed by atoms with van der Waals surface area (Å²) in [5.41, 5.74) is 4.61. The second-order valence-corrected chi connectivity index (χ2v) is 5.31. The molecule has 0 aliphatic rings. The quantitative estimate of drug-likeness (QED) is 0.746. The number of Topliss-reactive ketones (excluding diaryl/α,β-unsaturated/α-hetero) is 1. The molecule has 0 amide bonds. The minimum absolute atomic E-state index is 0.0526. The number of imidazole rings is 1. The van der Waals surface area contributed by atoms with Gasteiger partial charge < -0.3 is 9.88 Å². The summed E-state index contributed by atoms with van der Waals surface area (Å²) in [6.45, 7) is 1.56. The molecule has 3 rings (SSSR count). The zero-order valence-corrected chi connectivity index (χ0v) is 12.3. The maximum atomic E-state index is 11.4. The maximum absolute atomic E-state index is 11.4. The number of hydrogen-bond donors (Lipinski definition) is 1. The largest absolute Gasteiger partial charge is 0.378 e. The van der Waals surface area contributed by atoms with Gasteiger partial charge in [-0.15, -0.1) is 0 Å². The molecule has 106 valence electrons. The van der Waals surface area contributed by atoms with E-state index in [-0.39, 0.29) is 5.78 Å². The molecule has 0 atom stereocenters. The molecular formula is C17H17N3O. The first kappa shape index (κ1) is 13.4. The van der Waals surface area contributed by atoms with Gasteiger partial charge >= 0.3 is 0 Å². The lowest BCUT2D eigenvalue weighted by Crippen LogP contribution is -2.07. The Balaban J connectivity index is 2.02. The van der Waals surface area contributed by atoms with Crippen LogP contribution in [0.4, 0.5) is 5.69 Å². The summed E-state index contributed by atoms with van der Waals surface area (Å²) in [5.74, 6) is 0.868. The number of nitrogens with one attached hydrogen (secondary N) is 1. The minimum Gasteiger partial charge on any atom is -0.378 e. The highest BCUT2D eigenvalue weighted by Gasteiger charge is 2.08. The van der Waals surface area contributed by atoms with Crippen LogP contribution in [0.5, 0.6) is 0 Å². The number of fused-ring (bicyclic) bond motifs is 1. The standard InChI is InChI=1S/C17H17N3O/c1-11(21)13-6-9-15-16(10-13)19-17(18-15)12-4-7-14(8-5-12)20(2)3/h4-10H,1-3H3,(H,18,19). The smallest absolute Gasteiger partial charge is 0.159 e. The third-order valence-corrected chi connectivity index (χ3v) is 3.55. The number of hydrogen-bond acceptors (Lipinski definition) is 3. The van der Waals surface area contributed by atoms with Crippen LogP contribution >= 0.6 is 0 Å². The third-order valence-electron chi connectivity index (χ3n) is 3.55. The molecule has 1 N–H and O–H groups in total. The number of carbonyl (C=O) groups is 1. The molecule has 3 aromatic rings. The van der Waals surface area contributed by atoms with Crippen molar-refractivity contribution in [3.05, 3.63) is 48.0 Å². The summed E-state index contributed by atoms with van der Waals surface area (Å²) >= 11 is 0. The lowest BCUT2D eigenvalue weighted by Gasteiger charge is -2.11. The van der Waals surface area contributed by atoms with E-state index in [4.69, 9.17) is 0 Å². The number of nitrogens with zero attached hydrogens (tertiary/aromatic N) is 2. The third kappa shape index (κ3) is 2.52. The SMILES string of the molecule is CC(=O)c1ccc2[nH]c(-c3ccc(N(C)C)cc3)nc2c1. The van der Waals surface area contributed by atoms with Crippen molar-refractivity contribution in [2.45, 2.75) is 6.92 Å². The minimum atomic E-state index is 0.0526. The van der Waals surface area contributed by atoms with E-state index in [1.54, 1.807) is 6.92 Å². The highest BCUT2D eigenvalue weighted by molar-refractivity contribution is 5.97. The molecule has 0 aliphatic heterocycles. The fraction of sp³-hybridized carbons (Fsp3) is 0.176. The van der Waals surface area contributed by atoms with E-state index >= 15 is 0 Å².